The van der Waals surface area contributed by atoms with Crippen molar-refractivity contribution < 1.29 is 8.42 Å². The predicted molar refractivity (Wildman–Crippen MR) is 87.4 cm³/mol. The summed E-state index contributed by atoms with van der Waals surface area (Å²) in [6, 6.07) is 9.31. The molecule has 2 aromatic rings. The van der Waals surface area contributed by atoms with Crippen LogP contribution in [-0.2, 0) is 10.0 Å². The van der Waals surface area contributed by atoms with Crippen LogP contribution < -0.4 is 4.72 Å². The molecule has 0 bridgehead atoms. The minimum Gasteiger partial charge on any atom is -0.279 e. The summed E-state index contributed by atoms with van der Waals surface area (Å²) in [7, 11) is -3.57. The van der Waals surface area contributed by atoms with E-state index in [0.717, 1.165) is 27.8 Å². The highest BCUT2D eigenvalue weighted by Gasteiger charge is 2.18. The van der Waals surface area contributed by atoms with Gasteiger partial charge in [0.15, 0.2) is 0 Å². The van der Waals surface area contributed by atoms with Crippen molar-refractivity contribution >= 4 is 15.7 Å². The van der Waals surface area contributed by atoms with E-state index >= 15 is 0 Å². The molecule has 0 saturated carbocycles. The summed E-state index contributed by atoms with van der Waals surface area (Å²) in [6.45, 7) is 9.60. The molecule has 0 aliphatic heterocycles. The molecule has 112 valence electrons. The maximum Gasteiger partial charge on any atom is 0.262 e. The van der Waals surface area contributed by atoms with Gasteiger partial charge in [0.05, 0.1) is 10.6 Å². The summed E-state index contributed by atoms with van der Waals surface area (Å²) in [5.74, 6) is 0. The quantitative estimate of drug-likeness (QED) is 0.930. The zero-order chi connectivity index (χ0) is 15.8. The van der Waals surface area contributed by atoms with Gasteiger partial charge >= 0.3 is 0 Å². The van der Waals surface area contributed by atoms with E-state index in [9.17, 15) is 8.42 Å². The minimum atomic E-state index is -3.57. The molecular formula is C17H21NO2S. The monoisotopic (exact) mass is 303 g/mol. The zero-order valence-electron chi connectivity index (χ0n) is 13.1. The molecular weight excluding hydrogens is 282 g/mol. The minimum absolute atomic E-state index is 0.326. The lowest BCUT2D eigenvalue weighted by Crippen LogP contribution is -2.16. The van der Waals surface area contributed by atoms with E-state index in [4.69, 9.17) is 0 Å². The van der Waals surface area contributed by atoms with E-state index in [0.29, 0.717) is 10.6 Å². The van der Waals surface area contributed by atoms with E-state index in [1.807, 2.05) is 58.9 Å². The van der Waals surface area contributed by atoms with E-state index < -0.39 is 10.0 Å². The Bertz CT molecular complexity index is 769. The largest absolute Gasteiger partial charge is 0.279 e. The lowest BCUT2D eigenvalue weighted by Gasteiger charge is -2.15. The fraction of sp³-hybridized carbons (Fsp3) is 0.294. The summed E-state index contributed by atoms with van der Waals surface area (Å²) < 4.78 is 28.0. The van der Waals surface area contributed by atoms with Gasteiger partial charge in [0.25, 0.3) is 10.0 Å². The van der Waals surface area contributed by atoms with Crippen LogP contribution in [0.4, 0.5) is 5.69 Å². The van der Waals surface area contributed by atoms with E-state index in [1.54, 1.807) is 6.07 Å². The Morgan fingerprint density at radius 2 is 1.29 bits per heavy atom. The lowest BCUT2D eigenvalue weighted by atomic mass is 10.1. The smallest absolute Gasteiger partial charge is 0.262 e. The Hall–Kier alpha value is -1.81. The van der Waals surface area contributed by atoms with Gasteiger partial charge in [-0.1, -0.05) is 35.4 Å². The van der Waals surface area contributed by atoms with Crippen LogP contribution in [0.25, 0.3) is 0 Å². The van der Waals surface area contributed by atoms with E-state index in [1.165, 1.54) is 0 Å². The second-order valence-corrected chi connectivity index (χ2v) is 7.30. The summed E-state index contributed by atoms with van der Waals surface area (Å²) in [5, 5.41) is 0. The SMILES string of the molecule is Cc1ccc(S(=O)(=O)Nc2c(C)cc(C)cc2C)c(C)c1. The molecule has 1 N–H and O–H groups in total. The summed E-state index contributed by atoms with van der Waals surface area (Å²) in [4.78, 5) is 0.326. The van der Waals surface area contributed by atoms with Crippen molar-refractivity contribution in [3.63, 3.8) is 0 Å². The van der Waals surface area contributed by atoms with Crippen LogP contribution >= 0.6 is 0 Å². The van der Waals surface area contributed by atoms with Crippen LogP contribution in [0.2, 0.25) is 0 Å². The molecule has 0 unspecified atom stereocenters. The van der Waals surface area contributed by atoms with Crippen LogP contribution in [0.5, 0.6) is 0 Å². The molecule has 0 spiro atoms. The molecule has 3 nitrogen and oxygen atoms in total. The Morgan fingerprint density at radius 1 is 0.762 bits per heavy atom. The number of anilines is 1. The molecule has 4 heteroatoms. The van der Waals surface area contributed by atoms with Crippen LogP contribution in [0.1, 0.15) is 27.8 Å². The van der Waals surface area contributed by atoms with Crippen molar-refractivity contribution in [3.05, 3.63) is 58.1 Å². The highest BCUT2D eigenvalue weighted by Crippen LogP contribution is 2.26. The highest BCUT2D eigenvalue weighted by molar-refractivity contribution is 7.92. The average molecular weight is 303 g/mol. The molecule has 0 saturated heterocycles. The van der Waals surface area contributed by atoms with Crippen LogP contribution in [0.3, 0.4) is 0 Å². The number of sulfonamides is 1. The molecule has 0 aromatic heterocycles. The molecule has 0 amide bonds. The third-order valence-corrected chi connectivity index (χ3v) is 5.04. The normalized spacial score (nSPS) is 11.5. The van der Waals surface area contributed by atoms with Gasteiger partial charge in [0.2, 0.25) is 0 Å². The van der Waals surface area contributed by atoms with Gasteiger partial charge in [-0.3, -0.25) is 4.72 Å². The van der Waals surface area contributed by atoms with Crippen molar-refractivity contribution in [2.24, 2.45) is 0 Å². The third kappa shape index (κ3) is 3.27. The molecule has 0 aliphatic rings. The predicted octanol–water partition coefficient (Wildman–Crippen LogP) is 4.03. The fourth-order valence-electron chi connectivity index (χ4n) is 2.63. The van der Waals surface area contributed by atoms with Gasteiger partial charge < -0.3 is 0 Å². The maximum atomic E-state index is 12.6. The Morgan fingerprint density at radius 3 is 1.81 bits per heavy atom. The lowest BCUT2D eigenvalue weighted by molar-refractivity contribution is 0.600. The molecule has 0 atom stereocenters. The van der Waals surface area contributed by atoms with Crippen molar-refractivity contribution in [1.82, 2.24) is 0 Å². The summed E-state index contributed by atoms with van der Waals surface area (Å²) in [6.07, 6.45) is 0. The van der Waals surface area contributed by atoms with Gasteiger partial charge in [-0.05, 0) is 57.4 Å². The average Bonchev–Trinajstić information content (AvgIpc) is 2.33. The van der Waals surface area contributed by atoms with E-state index in [2.05, 4.69) is 4.72 Å². The van der Waals surface area contributed by atoms with Crippen molar-refractivity contribution in [3.8, 4) is 0 Å². The summed E-state index contributed by atoms with van der Waals surface area (Å²) in [5.41, 5.74) is 5.46. The first-order chi connectivity index (χ1) is 9.70. The van der Waals surface area contributed by atoms with Gasteiger partial charge in [0, 0.05) is 0 Å². The fourth-order valence-corrected chi connectivity index (χ4v) is 4.06. The number of hydrogen-bond acceptors (Lipinski definition) is 2. The molecule has 2 rings (SSSR count). The van der Waals surface area contributed by atoms with Crippen molar-refractivity contribution in [2.45, 2.75) is 39.5 Å². The Labute approximate surface area is 127 Å². The summed E-state index contributed by atoms with van der Waals surface area (Å²) >= 11 is 0. The number of benzene rings is 2. The first-order valence-electron chi connectivity index (χ1n) is 6.88. The number of nitrogens with one attached hydrogen (secondary N) is 1. The second kappa shape index (κ2) is 5.53. The van der Waals surface area contributed by atoms with Gasteiger partial charge in [0.1, 0.15) is 0 Å². The zero-order valence-corrected chi connectivity index (χ0v) is 13.9. The van der Waals surface area contributed by atoms with Crippen LogP contribution in [0, 0.1) is 34.6 Å². The van der Waals surface area contributed by atoms with Gasteiger partial charge in [-0.2, -0.15) is 0 Å². The third-order valence-electron chi connectivity index (χ3n) is 3.53. The number of rotatable bonds is 3. The first-order valence-corrected chi connectivity index (χ1v) is 8.37. The molecule has 0 aliphatic carbocycles. The van der Waals surface area contributed by atoms with Crippen LogP contribution in [-0.4, -0.2) is 8.42 Å². The Balaban J connectivity index is 2.47. The number of aryl methyl sites for hydroxylation is 5. The highest BCUT2D eigenvalue weighted by atomic mass is 32.2. The second-order valence-electron chi connectivity index (χ2n) is 5.65. The molecule has 2 aromatic carbocycles. The maximum absolute atomic E-state index is 12.6. The van der Waals surface area contributed by atoms with Crippen molar-refractivity contribution in [1.29, 1.82) is 0 Å². The van der Waals surface area contributed by atoms with Gasteiger partial charge in [-0.15, -0.1) is 0 Å². The van der Waals surface area contributed by atoms with Crippen LogP contribution in [0.15, 0.2) is 35.2 Å². The molecule has 21 heavy (non-hydrogen) atoms. The van der Waals surface area contributed by atoms with Crippen molar-refractivity contribution in [2.75, 3.05) is 4.72 Å². The van der Waals surface area contributed by atoms with E-state index in [-0.39, 0.29) is 0 Å². The van der Waals surface area contributed by atoms with Gasteiger partial charge in [-0.25, -0.2) is 8.42 Å². The topological polar surface area (TPSA) is 46.2 Å². The number of hydrogen-bond donors (Lipinski definition) is 1. The Kier molecular flexibility index (Phi) is 4.10. The molecule has 0 heterocycles. The molecule has 0 radical (unpaired) electrons. The first kappa shape index (κ1) is 15.6. The molecule has 0 fully saturated rings. The standard InChI is InChI=1S/C17H21NO2S/c1-11-6-7-16(13(3)8-11)21(19,20)18-17-14(4)9-12(2)10-15(17)5/h6-10,18H,1-5H3.